The molecule has 1 aromatic heterocycles. The zero-order valence-electron chi connectivity index (χ0n) is 11.4. The Morgan fingerprint density at radius 2 is 1.52 bits per heavy atom. The Morgan fingerprint density at radius 1 is 0.826 bits per heavy atom. The lowest BCUT2D eigenvalue weighted by atomic mass is 10.1. The minimum Gasteiger partial charge on any atom is -0.508 e. The van der Waals surface area contributed by atoms with Crippen LogP contribution in [0.15, 0.2) is 39.9 Å². The lowest BCUT2D eigenvalue weighted by molar-refractivity contribution is 0.296. The molecule has 8 heteroatoms. The Balaban J connectivity index is 2.46. The first-order valence-corrected chi connectivity index (χ1v) is 6.34. The molecule has 0 aliphatic heterocycles. The van der Waals surface area contributed by atoms with E-state index in [1.54, 1.807) is 0 Å². The van der Waals surface area contributed by atoms with Gasteiger partial charge in [0.2, 0.25) is 0 Å². The number of hydrogen-bond donors (Lipinski definition) is 6. The topological polar surface area (TPSA) is 147 Å². The second-order valence-corrected chi connectivity index (χ2v) is 4.77. The molecule has 8 nitrogen and oxygen atoms in total. The SMILES string of the molecule is ON=c1c(O)c(-c2ccc(O)cc2O)oc2cc(O)cc(O)c12. The van der Waals surface area contributed by atoms with E-state index in [1.807, 2.05) is 0 Å². The van der Waals surface area contributed by atoms with Crippen molar-refractivity contribution in [2.45, 2.75) is 0 Å². The molecule has 3 rings (SSSR count). The molecule has 0 unspecified atom stereocenters. The first-order valence-electron chi connectivity index (χ1n) is 6.34. The van der Waals surface area contributed by atoms with Gasteiger partial charge in [0, 0.05) is 18.2 Å². The molecule has 0 bridgehead atoms. The maximum absolute atomic E-state index is 10.2. The van der Waals surface area contributed by atoms with E-state index in [-0.39, 0.29) is 33.8 Å². The molecule has 0 saturated heterocycles. The monoisotopic (exact) mass is 317 g/mol. The summed E-state index contributed by atoms with van der Waals surface area (Å²) in [5.41, 5.74) is -0.0782. The van der Waals surface area contributed by atoms with Crippen molar-refractivity contribution >= 4 is 11.0 Å². The molecule has 6 N–H and O–H groups in total. The van der Waals surface area contributed by atoms with Crippen LogP contribution in [0, 0.1) is 0 Å². The van der Waals surface area contributed by atoms with Gasteiger partial charge in [-0.05, 0) is 12.1 Å². The van der Waals surface area contributed by atoms with E-state index >= 15 is 0 Å². The average molecular weight is 317 g/mol. The minimum atomic E-state index is -0.637. The molecule has 3 aromatic rings. The maximum Gasteiger partial charge on any atom is 0.189 e. The number of fused-ring (bicyclic) bond motifs is 1. The van der Waals surface area contributed by atoms with Crippen LogP contribution in [-0.2, 0) is 0 Å². The predicted octanol–water partition coefficient (Wildman–Crippen LogP) is 1.92. The molecule has 23 heavy (non-hydrogen) atoms. The lowest BCUT2D eigenvalue weighted by Gasteiger charge is -2.10. The van der Waals surface area contributed by atoms with Crippen molar-refractivity contribution in [3.05, 3.63) is 35.7 Å². The van der Waals surface area contributed by atoms with Crippen LogP contribution in [0.2, 0.25) is 0 Å². The highest BCUT2D eigenvalue weighted by Gasteiger charge is 2.20. The van der Waals surface area contributed by atoms with Crippen molar-refractivity contribution in [2.75, 3.05) is 0 Å². The van der Waals surface area contributed by atoms with Crippen LogP contribution in [0.5, 0.6) is 28.7 Å². The van der Waals surface area contributed by atoms with Gasteiger partial charge < -0.3 is 35.2 Å². The fourth-order valence-electron chi connectivity index (χ4n) is 2.28. The van der Waals surface area contributed by atoms with Crippen molar-refractivity contribution in [2.24, 2.45) is 5.16 Å². The predicted molar refractivity (Wildman–Crippen MR) is 77.3 cm³/mol. The fourth-order valence-corrected chi connectivity index (χ4v) is 2.28. The van der Waals surface area contributed by atoms with Gasteiger partial charge >= 0.3 is 0 Å². The quantitative estimate of drug-likeness (QED) is 0.297. The Morgan fingerprint density at radius 3 is 2.17 bits per heavy atom. The Labute approximate surface area is 128 Å². The Hall–Kier alpha value is -3.55. The van der Waals surface area contributed by atoms with Gasteiger partial charge in [0.05, 0.1) is 10.9 Å². The smallest absolute Gasteiger partial charge is 0.189 e. The number of hydrogen-bond acceptors (Lipinski definition) is 8. The van der Waals surface area contributed by atoms with Crippen LogP contribution in [-0.4, -0.2) is 30.7 Å². The van der Waals surface area contributed by atoms with Gasteiger partial charge in [-0.1, -0.05) is 5.16 Å². The number of rotatable bonds is 1. The van der Waals surface area contributed by atoms with E-state index in [1.165, 1.54) is 12.1 Å². The summed E-state index contributed by atoms with van der Waals surface area (Å²) in [7, 11) is 0. The van der Waals surface area contributed by atoms with Gasteiger partial charge in [-0.15, -0.1) is 0 Å². The summed E-state index contributed by atoms with van der Waals surface area (Å²) in [6, 6.07) is 5.70. The fraction of sp³-hybridized carbons (Fsp3) is 0. The van der Waals surface area contributed by atoms with Crippen LogP contribution in [0.25, 0.3) is 22.3 Å². The second-order valence-electron chi connectivity index (χ2n) is 4.77. The molecule has 1 heterocycles. The molecule has 0 saturated carbocycles. The van der Waals surface area contributed by atoms with E-state index < -0.39 is 22.6 Å². The van der Waals surface area contributed by atoms with Crippen LogP contribution < -0.4 is 5.36 Å². The summed E-state index contributed by atoms with van der Waals surface area (Å²) >= 11 is 0. The summed E-state index contributed by atoms with van der Waals surface area (Å²) < 4.78 is 5.42. The number of aromatic hydroxyl groups is 5. The lowest BCUT2D eigenvalue weighted by Crippen LogP contribution is -2.05. The molecular weight excluding hydrogens is 306 g/mol. The Bertz CT molecular complexity index is 991. The van der Waals surface area contributed by atoms with Gasteiger partial charge in [0.1, 0.15) is 28.6 Å². The third-order valence-electron chi connectivity index (χ3n) is 3.28. The number of phenolic OH excluding ortho intramolecular Hbond substituents is 4. The van der Waals surface area contributed by atoms with Crippen LogP contribution in [0.4, 0.5) is 0 Å². The molecule has 0 aliphatic carbocycles. The third kappa shape index (κ3) is 2.22. The van der Waals surface area contributed by atoms with E-state index in [4.69, 9.17) is 9.62 Å². The minimum absolute atomic E-state index is 0.00920. The molecule has 0 fully saturated rings. The number of nitrogens with zero attached hydrogens (tertiary/aromatic N) is 1. The molecule has 0 spiro atoms. The maximum atomic E-state index is 10.2. The van der Waals surface area contributed by atoms with Crippen molar-refractivity contribution in [1.29, 1.82) is 0 Å². The highest BCUT2D eigenvalue weighted by molar-refractivity contribution is 5.88. The van der Waals surface area contributed by atoms with Gasteiger partial charge in [-0.25, -0.2) is 0 Å². The van der Waals surface area contributed by atoms with Crippen LogP contribution >= 0.6 is 0 Å². The van der Waals surface area contributed by atoms with Crippen molar-refractivity contribution < 1.29 is 35.2 Å². The largest absolute Gasteiger partial charge is 0.508 e. The zero-order valence-corrected chi connectivity index (χ0v) is 11.4. The summed E-state index contributed by atoms with van der Waals surface area (Å²) in [5, 5.41) is 60.4. The van der Waals surface area contributed by atoms with Gasteiger partial charge in [0.25, 0.3) is 0 Å². The van der Waals surface area contributed by atoms with Gasteiger partial charge in [-0.3, -0.25) is 0 Å². The standard InChI is InChI=1S/C15H11NO7/c17-6-1-2-8(9(19)3-6)15-14(21)13(16-22)12-10(20)4-7(18)5-11(12)23-15/h1-5,17-22H. The zero-order chi connectivity index (χ0) is 16.7. The van der Waals surface area contributed by atoms with E-state index in [0.717, 1.165) is 18.2 Å². The van der Waals surface area contributed by atoms with Crippen molar-refractivity contribution in [3.63, 3.8) is 0 Å². The summed E-state index contributed by atoms with van der Waals surface area (Å²) in [6.07, 6.45) is 0. The third-order valence-corrected chi connectivity index (χ3v) is 3.28. The van der Waals surface area contributed by atoms with E-state index in [9.17, 15) is 25.5 Å². The molecule has 2 aromatic carbocycles. The highest BCUT2D eigenvalue weighted by atomic mass is 16.4. The van der Waals surface area contributed by atoms with Crippen molar-refractivity contribution in [3.8, 4) is 40.1 Å². The summed E-state index contributed by atoms with van der Waals surface area (Å²) in [4.78, 5) is 0. The molecule has 118 valence electrons. The molecule has 0 radical (unpaired) electrons. The normalized spacial score (nSPS) is 11.9. The van der Waals surface area contributed by atoms with Gasteiger partial charge in [-0.2, -0.15) is 0 Å². The van der Waals surface area contributed by atoms with Crippen molar-refractivity contribution in [1.82, 2.24) is 0 Å². The highest BCUT2D eigenvalue weighted by Crippen LogP contribution is 2.39. The average Bonchev–Trinajstić information content (AvgIpc) is 2.47. The molecule has 0 atom stereocenters. The van der Waals surface area contributed by atoms with E-state index in [0.29, 0.717) is 0 Å². The van der Waals surface area contributed by atoms with Crippen LogP contribution in [0.3, 0.4) is 0 Å². The van der Waals surface area contributed by atoms with Gasteiger partial charge in [0.15, 0.2) is 16.9 Å². The summed E-state index contributed by atoms with van der Waals surface area (Å²) in [5.74, 6) is -2.28. The molecular formula is C15H11NO7. The molecule has 0 aliphatic rings. The van der Waals surface area contributed by atoms with E-state index in [2.05, 4.69) is 5.16 Å². The first kappa shape index (κ1) is 14.4. The molecule has 0 amide bonds. The number of phenols is 4. The summed E-state index contributed by atoms with van der Waals surface area (Å²) in [6.45, 7) is 0. The second kappa shape index (κ2) is 5.02. The Kier molecular flexibility index (Phi) is 3.14. The van der Waals surface area contributed by atoms with Crippen LogP contribution in [0.1, 0.15) is 0 Å². The first-order chi connectivity index (χ1) is 10.9. The number of benzene rings is 2.